The van der Waals surface area contributed by atoms with Crippen LogP contribution in [0.4, 0.5) is 0 Å². The van der Waals surface area contributed by atoms with Gasteiger partial charge in [0, 0.05) is 23.4 Å². The maximum absolute atomic E-state index is 12.4. The quantitative estimate of drug-likeness (QED) is 0.267. The molecule has 8 nitrogen and oxygen atoms in total. The number of aromatic nitrogens is 2. The van der Waals surface area contributed by atoms with Gasteiger partial charge in [0.2, 0.25) is 0 Å². The third-order valence-electron chi connectivity index (χ3n) is 4.96. The molecule has 3 aromatic carbocycles. The lowest BCUT2D eigenvalue weighted by Gasteiger charge is -2.05. The number of hydrogen-bond acceptors (Lipinski definition) is 6. The summed E-state index contributed by atoms with van der Waals surface area (Å²) in [5, 5.41) is 28.1. The predicted octanol–water partition coefficient (Wildman–Crippen LogP) is 4.50. The normalized spacial score (nSPS) is 11.0. The first-order chi connectivity index (χ1) is 16.5. The molecule has 0 radical (unpaired) electrons. The van der Waals surface area contributed by atoms with Gasteiger partial charge in [0.15, 0.2) is 0 Å². The van der Waals surface area contributed by atoms with Crippen LogP contribution >= 0.6 is 0 Å². The Morgan fingerprint density at radius 3 is 2.56 bits per heavy atom. The first-order valence-electron chi connectivity index (χ1n) is 10.8. The zero-order valence-electron chi connectivity index (χ0n) is 18.5. The minimum absolute atomic E-state index is 0.00202. The lowest BCUT2D eigenvalue weighted by molar-refractivity contribution is 0.0952. The molecule has 0 aliphatic carbocycles. The molecule has 1 aromatic heterocycles. The lowest BCUT2D eigenvalue weighted by atomic mass is 10.1. The van der Waals surface area contributed by atoms with Crippen LogP contribution in [0.5, 0.6) is 17.2 Å². The molecule has 0 spiro atoms. The van der Waals surface area contributed by atoms with Crippen LogP contribution in [0, 0.1) is 0 Å². The Hall–Kier alpha value is -4.59. The molecule has 0 aliphatic heterocycles. The number of phenols is 2. The van der Waals surface area contributed by atoms with Crippen molar-refractivity contribution in [2.45, 2.75) is 13.3 Å². The van der Waals surface area contributed by atoms with Gasteiger partial charge in [-0.2, -0.15) is 10.2 Å². The van der Waals surface area contributed by atoms with Gasteiger partial charge in [-0.25, -0.2) is 10.1 Å². The lowest BCUT2D eigenvalue weighted by Crippen LogP contribution is -2.17. The van der Waals surface area contributed by atoms with E-state index in [-0.39, 0.29) is 17.1 Å². The van der Waals surface area contributed by atoms with Crippen LogP contribution in [-0.4, -0.2) is 38.7 Å². The largest absolute Gasteiger partial charge is 0.508 e. The van der Waals surface area contributed by atoms with E-state index in [0.717, 1.165) is 29.5 Å². The van der Waals surface area contributed by atoms with Crippen molar-refractivity contribution in [1.29, 1.82) is 0 Å². The summed E-state index contributed by atoms with van der Waals surface area (Å²) in [6, 6.07) is 21.0. The Morgan fingerprint density at radius 2 is 1.85 bits per heavy atom. The number of para-hydroxylation sites is 1. The molecule has 34 heavy (non-hydrogen) atoms. The van der Waals surface area contributed by atoms with E-state index in [1.807, 2.05) is 60.8 Å². The number of ether oxygens (including phenoxy) is 1. The van der Waals surface area contributed by atoms with E-state index in [2.05, 4.69) is 17.5 Å². The van der Waals surface area contributed by atoms with Gasteiger partial charge < -0.3 is 14.9 Å². The zero-order chi connectivity index (χ0) is 23.9. The highest BCUT2D eigenvalue weighted by Crippen LogP contribution is 2.25. The smallest absolute Gasteiger partial charge is 0.275 e. The van der Waals surface area contributed by atoms with E-state index in [4.69, 9.17) is 9.84 Å². The number of hydrazone groups is 1. The second kappa shape index (κ2) is 10.4. The first-order valence-corrected chi connectivity index (χ1v) is 10.8. The summed E-state index contributed by atoms with van der Waals surface area (Å²) in [5.74, 6) is -0.301. The number of rotatable bonds is 8. The van der Waals surface area contributed by atoms with Gasteiger partial charge in [-0.1, -0.05) is 25.1 Å². The number of hydrogen-bond donors (Lipinski definition) is 3. The van der Waals surface area contributed by atoms with Crippen LogP contribution in [-0.2, 0) is 0 Å². The fourth-order valence-electron chi connectivity index (χ4n) is 3.28. The van der Waals surface area contributed by atoms with Gasteiger partial charge in [-0.15, -0.1) is 0 Å². The maximum Gasteiger partial charge on any atom is 0.275 e. The predicted molar refractivity (Wildman–Crippen MR) is 130 cm³/mol. The summed E-state index contributed by atoms with van der Waals surface area (Å²) in [6.07, 6.45) is 4.25. The van der Waals surface area contributed by atoms with E-state index in [0.29, 0.717) is 17.9 Å². The number of carbonyl (C=O) groups excluding carboxylic acids is 1. The average Bonchev–Trinajstić information content (AvgIpc) is 3.27. The average molecular weight is 457 g/mol. The molecule has 3 N–H and O–H groups in total. The second-order valence-corrected chi connectivity index (χ2v) is 7.49. The minimum Gasteiger partial charge on any atom is -0.508 e. The maximum atomic E-state index is 12.4. The van der Waals surface area contributed by atoms with Crippen LogP contribution < -0.4 is 10.2 Å². The number of phenolic OH excluding ortho intramolecular Hbond substituents is 2. The van der Waals surface area contributed by atoms with Gasteiger partial charge in [0.25, 0.3) is 5.91 Å². The fraction of sp³-hybridized carbons (Fsp3) is 0.115. The molecule has 4 aromatic rings. The molecule has 1 amide bonds. The van der Waals surface area contributed by atoms with Crippen LogP contribution in [0.15, 0.2) is 84.1 Å². The van der Waals surface area contributed by atoms with E-state index in [1.54, 1.807) is 4.68 Å². The third-order valence-corrected chi connectivity index (χ3v) is 4.96. The van der Waals surface area contributed by atoms with Crippen molar-refractivity contribution >= 4 is 12.1 Å². The van der Waals surface area contributed by atoms with Gasteiger partial charge in [0.1, 0.15) is 22.9 Å². The van der Waals surface area contributed by atoms with E-state index in [9.17, 15) is 15.0 Å². The molecule has 0 unspecified atom stereocenters. The number of aromatic hydroxyl groups is 2. The van der Waals surface area contributed by atoms with Crippen LogP contribution in [0.3, 0.4) is 0 Å². The Kier molecular flexibility index (Phi) is 6.88. The summed E-state index contributed by atoms with van der Waals surface area (Å²) >= 11 is 0. The Morgan fingerprint density at radius 1 is 1.09 bits per heavy atom. The van der Waals surface area contributed by atoms with Crippen molar-refractivity contribution in [2.75, 3.05) is 6.61 Å². The van der Waals surface area contributed by atoms with Gasteiger partial charge in [-0.3, -0.25) is 4.79 Å². The molecule has 0 saturated carbocycles. The number of nitrogens with zero attached hydrogens (tertiary/aromatic N) is 3. The van der Waals surface area contributed by atoms with Crippen molar-refractivity contribution in [3.63, 3.8) is 0 Å². The second-order valence-electron chi connectivity index (χ2n) is 7.49. The molecule has 4 rings (SSSR count). The third kappa shape index (κ3) is 5.24. The highest BCUT2D eigenvalue weighted by molar-refractivity contribution is 5.98. The standard InChI is InChI=1S/C26H24N4O4/c1-2-14-34-22-11-8-18(9-12-22)25-19(17-30(29-25)20-6-4-3-5-7-20)16-27-28-26(33)23-13-10-21(31)15-24(23)32/h3-13,15-17,31-32H,2,14H2,1H3,(H,28,33)/b27-16+. The summed E-state index contributed by atoms with van der Waals surface area (Å²) < 4.78 is 7.41. The first kappa shape index (κ1) is 22.6. The number of carbonyl (C=O) groups is 1. The molecule has 0 aliphatic rings. The molecule has 0 fully saturated rings. The molecule has 1 heterocycles. The van der Waals surface area contributed by atoms with Crippen molar-refractivity contribution in [2.24, 2.45) is 5.10 Å². The van der Waals surface area contributed by atoms with Crippen molar-refractivity contribution < 1.29 is 19.7 Å². The Labute approximate surface area is 196 Å². The minimum atomic E-state index is -0.608. The monoisotopic (exact) mass is 456 g/mol. The number of benzene rings is 3. The Balaban J connectivity index is 1.61. The van der Waals surface area contributed by atoms with Crippen LogP contribution in [0.2, 0.25) is 0 Å². The summed E-state index contributed by atoms with van der Waals surface area (Å²) in [6.45, 7) is 2.70. The van der Waals surface area contributed by atoms with Gasteiger partial charge in [0.05, 0.1) is 24.1 Å². The van der Waals surface area contributed by atoms with Crippen molar-refractivity contribution in [3.05, 3.63) is 90.1 Å². The summed E-state index contributed by atoms with van der Waals surface area (Å²) in [7, 11) is 0. The highest BCUT2D eigenvalue weighted by Gasteiger charge is 2.13. The molecular formula is C26H24N4O4. The van der Waals surface area contributed by atoms with Crippen molar-refractivity contribution in [3.8, 4) is 34.2 Å². The van der Waals surface area contributed by atoms with E-state index < -0.39 is 5.91 Å². The topological polar surface area (TPSA) is 109 Å². The fourth-order valence-corrected chi connectivity index (χ4v) is 3.28. The van der Waals surface area contributed by atoms with Crippen LogP contribution in [0.25, 0.3) is 16.9 Å². The van der Waals surface area contributed by atoms with Gasteiger partial charge >= 0.3 is 0 Å². The van der Waals surface area contributed by atoms with Crippen LogP contribution in [0.1, 0.15) is 29.3 Å². The van der Waals surface area contributed by atoms with E-state index in [1.165, 1.54) is 18.3 Å². The number of amides is 1. The molecule has 172 valence electrons. The molecule has 0 atom stereocenters. The molecule has 0 saturated heterocycles. The van der Waals surface area contributed by atoms with Crippen molar-refractivity contribution in [1.82, 2.24) is 15.2 Å². The summed E-state index contributed by atoms with van der Waals surface area (Å²) in [4.78, 5) is 12.4. The number of nitrogens with one attached hydrogen (secondary N) is 1. The van der Waals surface area contributed by atoms with E-state index >= 15 is 0 Å². The molecular weight excluding hydrogens is 432 g/mol. The SMILES string of the molecule is CCCOc1ccc(-c2nn(-c3ccccc3)cc2/C=N/NC(=O)c2ccc(O)cc2O)cc1. The highest BCUT2D eigenvalue weighted by atomic mass is 16.5. The Bertz CT molecular complexity index is 1300. The molecule has 8 heteroatoms. The molecule has 0 bridgehead atoms. The summed E-state index contributed by atoms with van der Waals surface area (Å²) in [5.41, 5.74) is 5.50. The zero-order valence-corrected chi connectivity index (χ0v) is 18.5. The van der Waals surface area contributed by atoms with Gasteiger partial charge in [-0.05, 0) is 55.0 Å².